The molecule has 1 amide bonds. The van der Waals surface area contributed by atoms with E-state index in [1.165, 1.54) is 6.20 Å². The van der Waals surface area contributed by atoms with Gasteiger partial charge in [-0.15, -0.1) is 5.10 Å². The maximum atomic E-state index is 11.7. The summed E-state index contributed by atoms with van der Waals surface area (Å²) in [7, 11) is 0. The number of anilines is 1. The largest absolute Gasteiger partial charge is 0.318 e. The lowest BCUT2D eigenvalue weighted by atomic mass is 10.4. The molecule has 8 heteroatoms. The minimum Gasteiger partial charge on any atom is -0.318 e. The van der Waals surface area contributed by atoms with Gasteiger partial charge in [-0.25, -0.2) is 9.97 Å². The Morgan fingerprint density at radius 3 is 2.94 bits per heavy atom. The number of nitrogens with zero attached hydrogens (tertiary/aromatic N) is 3. The van der Waals surface area contributed by atoms with Gasteiger partial charge in [0, 0.05) is 0 Å². The predicted molar refractivity (Wildman–Crippen MR) is 66.0 cm³/mol. The van der Waals surface area contributed by atoms with Crippen molar-refractivity contribution in [1.82, 2.24) is 20.2 Å². The summed E-state index contributed by atoms with van der Waals surface area (Å²) in [6, 6.07) is 1.65. The van der Waals surface area contributed by atoms with Gasteiger partial charge < -0.3 is 5.32 Å². The Balaban J connectivity index is 2.15. The van der Waals surface area contributed by atoms with E-state index in [4.69, 9.17) is 11.6 Å². The maximum absolute atomic E-state index is 11.7. The Bertz CT molecular complexity index is 570. The number of hydrogen-bond acceptors (Lipinski definition) is 4. The van der Waals surface area contributed by atoms with Crippen LogP contribution >= 0.6 is 27.5 Å². The molecule has 0 atom stereocenters. The van der Waals surface area contributed by atoms with Gasteiger partial charge in [-0.3, -0.25) is 9.89 Å². The summed E-state index contributed by atoms with van der Waals surface area (Å²) in [5, 5.41) is 9.27. The average molecular weight is 317 g/mol. The highest BCUT2D eigenvalue weighted by Gasteiger charge is 2.12. The fourth-order valence-electron chi connectivity index (χ4n) is 1.12. The molecule has 2 rings (SSSR count). The van der Waals surface area contributed by atoms with Gasteiger partial charge in [0.1, 0.15) is 11.0 Å². The minimum atomic E-state index is -0.412. The molecule has 0 saturated heterocycles. The Hall–Kier alpha value is -1.47. The van der Waals surface area contributed by atoms with Gasteiger partial charge in [0.25, 0.3) is 5.91 Å². The van der Waals surface area contributed by atoms with Gasteiger partial charge in [0.15, 0.2) is 0 Å². The van der Waals surface area contributed by atoms with Crippen molar-refractivity contribution in [1.29, 1.82) is 0 Å². The van der Waals surface area contributed by atoms with Gasteiger partial charge in [-0.05, 0) is 28.9 Å². The average Bonchev–Trinajstić information content (AvgIpc) is 2.70. The van der Waals surface area contributed by atoms with Gasteiger partial charge in [-0.1, -0.05) is 11.6 Å². The molecule has 88 valence electrons. The number of pyridine rings is 1. The molecule has 0 unspecified atom stereocenters. The van der Waals surface area contributed by atoms with Crippen molar-refractivity contribution in [3.63, 3.8) is 0 Å². The van der Waals surface area contributed by atoms with Gasteiger partial charge in [0.2, 0.25) is 5.82 Å². The number of aromatic nitrogens is 4. The first-order valence-corrected chi connectivity index (χ1v) is 5.75. The molecule has 0 radical (unpaired) electrons. The summed E-state index contributed by atoms with van der Waals surface area (Å²) >= 11 is 8.95. The zero-order valence-electron chi connectivity index (χ0n) is 8.66. The Morgan fingerprint density at radius 2 is 2.35 bits per heavy atom. The van der Waals surface area contributed by atoms with Crippen LogP contribution in [0, 0.1) is 6.92 Å². The van der Waals surface area contributed by atoms with Crippen LogP contribution in [0.1, 0.15) is 16.4 Å². The van der Waals surface area contributed by atoms with Crippen molar-refractivity contribution in [3.05, 3.63) is 33.5 Å². The highest BCUT2D eigenvalue weighted by Crippen LogP contribution is 2.22. The number of rotatable bonds is 2. The third-order valence-corrected chi connectivity index (χ3v) is 2.99. The molecule has 0 spiro atoms. The highest BCUT2D eigenvalue weighted by molar-refractivity contribution is 9.10. The number of carbonyl (C=O) groups excluding carboxylic acids is 1. The Labute approximate surface area is 110 Å². The van der Waals surface area contributed by atoms with Crippen molar-refractivity contribution in [2.24, 2.45) is 0 Å². The van der Waals surface area contributed by atoms with E-state index in [9.17, 15) is 4.79 Å². The van der Waals surface area contributed by atoms with Crippen molar-refractivity contribution < 1.29 is 4.79 Å². The molecule has 0 aromatic carbocycles. The molecular weight excluding hydrogens is 309 g/mol. The van der Waals surface area contributed by atoms with Crippen LogP contribution in [0.5, 0.6) is 0 Å². The molecule has 0 fully saturated rings. The zero-order valence-corrected chi connectivity index (χ0v) is 11.0. The lowest BCUT2D eigenvalue weighted by molar-refractivity contribution is 0.101. The SMILES string of the molecule is Cc1nc(C(=O)Nc2cnc(Cl)c(Br)c2)n[nH]1. The molecule has 2 aromatic rings. The van der Waals surface area contributed by atoms with Crippen molar-refractivity contribution >= 4 is 39.1 Å². The van der Waals surface area contributed by atoms with Gasteiger partial charge >= 0.3 is 0 Å². The minimum absolute atomic E-state index is 0.0774. The van der Waals surface area contributed by atoms with Crippen LogP contribution in [-0.2, 0) is 0 Å². The van der Waals surface area contributed by atoms with Crippen LogP contribution in [0.25, 0.3) is 0 Å². The summed E-state index contributed by atoms with van der Waals surface area (Å²) in [6.45, 7) is 1.71. The molecular formula is C9H7BrClN5O. The molecule has 0 saturated carbocycles. The number of nitrogens with one attached hydrogen (secondary N) is 2. The van der Waals surface area contributed by atoms with E-state index < -0.39 is 5.91 Å². The number of carbonyl (C=O) groups is 1. The van der Waals surface area contributed by atoms with E-state index in [1.807, 2.05) is 0 Å². The summed E-state index contributed by atoms with van der Waals surface area (Å²) in [5.41, 5.74) is 0.508. The first kappa shape index (κ1) is 12.0. The lowest BCUT2D eigenvalue weighted by Gasteiger charge is -2.03. The fourth-order valence-corrected chi connectivity index (χ4v) is 1.57. The van der Waals surface area contributed by atoms with Crippen molar-refractivity contribution in [2.45, 2.75) is 6.92 Å². The second-order valence-electron chi connectivity index (χ2n) is 3.20. The normalized spacial score (nSPS) is 10.3. The standard InChI is InChI=1S/C9H7BrClN5O/c1-4-13-8(16-15-4)9(17)14-5-2-6(10)7(11)12-3-5/h2-3H,1H3,(H,14,17)(H,13,15,16). The summed E-state index contributed by atoms with van der Waals surface area (Å²) in [5.74, 6) is 0.240. The van der Waals surface area contributed by atoms with Crippen LogP contribution in [-0.4, -0.2) is 26.1 Å². The first-order valence-electron chi connectivity index (χ1n) is 4.57. The molecule has 6 nitrogen and oxygen atoms in total. The van der Waals surface area contributed by atoms with Crippen LogP contribution in [0.4, 0.5) is 5.69 Å². The Kier molecular flexibility index (Phi) is 3.39. The molecule has 2 N–H and O–H groups in total. The summed E-state index contributed by atoms with van der Waals surface area (Å²) < 4.78 is 0.600. The number of hydrogen-bond donors (Lipinski definition) is 2. The number of amides is 1. The second kappa shape index (κ2) is 4.80. The molecule has 0 aliphatic heterocycles. The van der Waals surface area contributed by atoms with E-state index >= 15 is 0 Å². The molecule has 0 aliphatic rings. The van der Waals surface area contributed by atoms with E-state index in [0.717, 1.165) is 0 Å². The topological polar surface area (TPSA) is 83.6 Å². The number of H-pyrrole nitrogens is 1. The van der Waals surface area contributed by atoms with Crippen LogP contribution in [0.3, 0.4) is 0 Å². The van der Waals surface area contributed by atoms with Crippen LogP contribution in [0.15, 0.2) is 16.7 Å². The molecule has 17 heavy (non-hydrogen) atoms. The number of halogens is 2. The second-order valence-corrected chi connectivity index (χ2v) is 4.41. The zero-order chi connectivity index (χ0) is 12.4. The summed E-state index contributed by atoms with van der Waals surface area (Å²) in [6.07, 6.45) is 1.45. The van der Waals surface area contributed by atoms with E-state index in [-0.39, 0.29) is 5.82 Å². The summed E-state index contributed by atoms with van der Waals surface area (Å²) in [4.78, 5) is 19.5. The van der Waals surface area contributed by atoms with Crippen molar-refractivity contribution in [2.75, 3.05) is 5.32 Å². The lowest BCUT2D eigenvalue weighted by Crippen LogP contribution is -2.14. The Morgan fingerprint density at radius 1 is 1.59 bits per heavy atom. The van der Waals surface area contributed by atoms with Crippen LogP contribution < -0.4 is 5.32 Å². The van der Waals surface area contributed by atoms with E-state index in [1.54, 1.807) is 13.0 Å². The maximum Gasteiger partial charge on any atom is 0.295 e. The molecule has 2 aromatic heterocycles. The van der Waals surface area contributed by atoms with Crippen LogP contribution in [0.2, 0.25) is 5.15 Å². The van der Waals surface area contributed by atoms with Gasteiger partial charge in [0.05, 0.1) is 16.4 Å². The fraction of sp³-hybridized carbons (Fsp3) is 0.111. The smallest absolute Gasteiger partial charge is 0.295 e. The van der Waals surface area contributed by atoms with Crippen molar-refractivity contribution in [3.8, 4) is 0 Å². The van der Waals surface area contributed by atoms with E-state index in [0.29, 0.717) is 21.1 Å². The predicted octanol–water partition coefficient (Wildman–Crippen LogP) is 2.18. The highest BCUT2D eigenvalue weighted by atomic mass is 79.9. The number of aryl methyl sites for hydroxylation is 1. The monoisotopic (exact) mass is 315 g/mol. The quantitative estimate of drug-likeness (QED) is 0.832. The molecule has 0 bridgehead atoms. The van der Waals surface area contributed by atoms with E-state index in [2.05, 4.69) is 41.4 Å². The third-order valence-electron chi connectivity index (χ3n) is 1.85. The first-order chi connectivity index (χ1) is 8.06. The van der Waals surface area contributed by atoms with Gasteiger partial charge in [-0.2, -0.15) is 0 Å². The molecule has 0 aliphatic carbocycles. The number of aromatic amines is 1. The third kappa shape index (κ3) is 2.80. The molecule has 2 heterocycles.